The molecule has 0 N–H and O–H groups in total. The predicted molar refractivity (Wildman–Crippen MR) is 103 cm³/mol. The van der Waals surface area contributed by atoms with Crippen LogP contribution in [0.5, 0.6) is 0 Å². The summed E-state index contributed by atoms with van der Waals surface area (Å²) >= 11 is 1.53. The van der Waals surface area contributed by atoms with E-state index in [4.69, 9.17) is 9.72 Å². The molecule has 0 atom stereocenters. The largest absolute Gasteiger partial charge is 0.462 e. The molecule has 1 saturated carbocycles. The molecule has 1 aromatic heterocycles. The van der Waals surface area contributed by atoms with Crippen LogP contribution in [-0.2, 0) is 4.74 Å². The molecule has 0 saturated heterocycles. The summed E-state index contributed by atoms with van der Waals surface area (Å²) < 4.78 is 5.30. The van der Waals surface area contributed by atoms with Crippen LogP contribution in [0.15, 0.2) is 24.3 Å². The van der Waals surface area contributed by atoms with Crippen molar-refractivity contribution >= 4 is 17.3 Å². The number of ether oxygens (including phenoxy) is 1. The summed E-state index contributed by atoms with van der Waals surface area (Å²) in [7, 11) is 0. The predicted octanol–water partition coefficient (Wildman–Crippen LogP) is 5.98. The molecule has 2 aromatic rings. The van der Waals surface area contributed by atoms with Crippen molar-refractivity contribution in [1.29, 1.82) is 0 Å². The van der Waals surface area contributed by atoms with Crippen molar-refractivity contribution in [3.05, 3.63) is 39.7 Å². The van der Waals surface area contributed by atoms with Crippen LogP contribution in [-0.4, -0.2) is 17.6 Å². The van der Waals surface area contributed by atoms with Gasteiger partial charge in [-0.15, -0.1) is 11.3 Å². The first-order valence-corrected chi connectivity index (χ1v) is 9.97. The van der Waals surface area contributed by atoms with E-state index in [0.717, 1.165) is 34.7 Å². The van der Waals surface area contributed by atoms with Crippen LogP contribution < -0.4 is 0 Å². The fourth-order valence-corrected chi connectivity index (χ4v) is 4.66. The number of nitrogens with zero attached hydrogens (tertiary/aromatic N) is 1. The minimum Gasteiger partial charge on any atom is -0.462 e. The molecule has 1 heterocycles. The van der Waals surface area contributed by atoms with Crippen molar-refractivity contribution in [3.63, 3.8) is 0 Å². The van der Waals surface area contributed by atoms with Crippen LogP contribution in [0.1, 0.15) is 72.6 Å². The van der Waals surface area contributed by atoms with Gasteiger partial charge in [-0.1, -0.05) is 38.1 Å². The Bertz CT molecular complexity index is 753. The number of carbonyl (C=O) groups is 1. The Labute approximate surface area is 154 Å². The van der Waals surface area contributed by atoms with E-state index in [1.54, 1.807) is 0 Å². The van der Waals surface area contributed by atoms with E-state index in [-0.39, 0.29) is 5.97 Å². The van der Waals surface area contributed by atoms with Gasteiger partial charge in [0.1, 0.15) is 4.88 Å². The Morgan fingerprint density at radius 1 is 1.28 bits per heavy atom. The summed E-state index contributed by atoms with van der Waals surface area (Å²) in [4.78, 5) is 18.1. The van der Waals surface area contributed by atoms with Gasteiger partial charge in [0, 0.05) is 11.5 Å². The van der Waals surface area contributed by atoms with E-state index < -0.39 is 0 Å². The Balaban J connectivity index is 1.98. The third kappa shape index (κ3) is 3.95. The smallest absolute Gasteiger partial charge is 0.350 e. The minimum atomic E-state index is -0.249. The summed E-state index contributed by atoms with van der Waals surface area (Å²) in [5.74, 6) is 0.213. The van der Waals surface area contributed by atoms with Gasteiger partial charge in [-0.05, 0) is 50.5 Å². The SMILES string of the molecule is CCOC(=O)c1sc(C2CCC(C)(C)CC2)nc1-c1ccccc1C. The molecule has 0 radical (unpaired) electrons. The molecule has 1 aromatic carbocycles. The highest BCUT2D eigenvalue weighted by Crippen LogP contribution is 2.45. The summed E-state index contributed by atoms with van der Waals surface area (Å²) in [6.07, 6.45) is 4.73. The molecule has 4 heteroatoms. The fraction of sp³-hybridized carbons (Fsp3) is 0.524. The normalized spacial score (nSPS) is 17.4. The molecule has 0 unspecified atom stereocenters. The second kappa shape index (κ2) is 7.28. The minimum absolute atomic E-state index is 0.249. The maximum atomic E-state index is 12.5. The number of esters is 1. The lowest BCUT2D eigenvalue weighted by molar-refractivity contribution is 0.0532. The number of aromatic nitrogens is 1. The van der Waals surface area contributed by atoms with Crippen molar-refractivity contribution in [2.75, 3.05) is 6.61 Å². The molecule has 0 aliphatic heterocycles. The highest BCUT2D eigenvalue weighted by molar-refractivity contribution is 7.14. The number of benzene rings is 1. The molecule has 0 amide bonds. The molecule has 3 nitrogen and oxygen atoms in total. The molecule has 0 spiro atoms. The van der Waals surface area contributed by atoms with Crippen molar-refractivity contribution in [1.82, 2.24) is 4.98 Å². The first-order chi connectivity index (χ1) is 11.9. The van der Waals surface area contributed by atoms with E-state index in [1.165, 1.54) is 24.2 Å². The number of aryl methyl sites for hydroxylation is 1. The van der Waals surface area contributed by atoms with Crippen molar-refractivity contribution in [3.8, 4) is 11.3 Å². The van der Waals surface area contributed by atoms with Crippen LogP contribution in [0.2, 0.25) is 0 Å². The molecule has 1 aliphatic rings. The first kappa shape index (κ1) is 18.1. The maximum absolute atomic E-state index is 12.5. The van der Waals surface area contributed by atoms with E-state index in [1.807, 2.05) is 25.1 Å². The first-order valence-electron chi connectivity index (χ1n) is 9.15. The standard InChI is InChI=1S/C21H27NO2S/c1-5-24-20(23)18-17(16-9-7-6-8-14(16)2)22-19(25-18)15-10-12-21(3,4)13-11-15/h6-9,15H,5,10-13H2,1-4H3. The van der Waals surface area contributed by atoms with Crippen LogP contribution in [0.25, 0.3) is 11.3 Å². The van der Waals surface area contributed by atoms with Gasteiger partial charge in [0.15, 0.2) is 0 Å². The Morgan fingerprint density at radius 3 is 2.60 bits per heavy atom. The van der Waals surface area contributed by atoms with Gasteiger partial charge in [0.05, 0.1) is 17.3 Å². The van der Waals surface area contributed by atoms with Crippen molar-refractivity contribution < 1.29 is 9.53 Å². The topological polar surface area (TPSA) is 39.2 Å². The summed E-state index contributed by atoms with van der Waals surface area (Å²) in [6, 6.07) is 8.12. The zero-order valence-corrected chi connectivity index (χ0v) is 16.4. The third-order valence-electron chi connectivity index (χ3n) is 5.19. The zero-order valence-electron chi connectivity index (χ0n) is 15.6. The van der Waals surface area contributed by atoms with E-state index in [2.05, 4.69) is 26.8 Å². The number of rotatable bonds is 4. The highest BCUT2D eigenvalue weighted by Gasteiger charge is 2.31. The van der Waals surface area contributed by atoms with Crippen molar-refractivity contribution in [2.24, 2.45) is 5.41 Å². The Hall–Kier alpha value is -1.68. The fourth-order valence-electron chi connectivity index (χ4n) is 3.51. The average Bonchev–Trinajstić information content (AvgIpc) is 3.00. The number of hydrogen-bond acceptors (Lipinski definition) is 4. The molecular weight excluding hydrogens is 330 g/mol. The summed E-state index contributed by atoms with van der Waals surface area (Å²) in [5.41, 5.74) is 3.39. The van der Waals surface area contributed by atoms with Gasteiger partial charge < -0.3 is 4.74 Å². The number of thiazole rings is 1. The second-order valence-corrected chi connectivity index (χ2v) is 8.73. The van der Waals surface area contributed by atoms with Crippen LogP contribution in [0, 0.1) is 12.3 Å². The van der Waals surface area contributed by atoms with Crippen molar-refractivity contribution in [2.45, 2.75) is 59.3 Å². The van der Waals surface area contributed by atoms with Gasteiger partial charge >= 0.3 is 5.97 Å². The Kier molecular flexibility index (Phi) is 5.28. The average molecular weight is 358 g/mol. The summed E-state index contributed by atoms with van der Waals surface area (Å²) in [5, 5.41) is 1.09. The van der Waals surface area contributed by atoms with E-state index in [9.17, 15) is 4.79 Å². The monoisotopic (exact) mass is 357 g/mol. The van der Waals surface area contributed by atoms with Crippen LogP contribution in [0.4, 0.5) is 0 Å². The molecule has 0 bridgehead atoms. The second-order valence-electron chi connectivity index (χ2n) is 7.70. The lowest BCUT2D eigenvalue weighted by Crippen LogP contribution is -2.20. The molecule has 25 heavy (non-hydrogen) atoms. The third-order valence-corrected chi connectivity index (χ3v) is 6.39. The lowest BCUT2D eigenvalue weighted by Gasteiger charge is -2.33. The number of carbonyl (C=O) groups excluding carboxylic acids is 1. The molecule has 1 fully saturated rings. The lowest BCUT2D eigenvalue weighted by atomic mass is 9.73. The van der Waals surface area contributed by atoms with Gasteiger partial charge in [0.25, 0.3) is 0 Å². The maximum Gasteiger partial charge on any atom is 0.350 e. The van der Waals surface area contributed by atoms with Gasteiger partial charge in [0.2, 0.25) is 0 Å². The Morgan fingerprint density at radius 2 is 1.96 bits per heavy atom. The zero-order chi connectivity index (χ0) is 18.0. The van der Waals surface area contributed by atoms with Gasteiger partial charge in [-0.25, -0.2) is 9.78 Å². The number of hydrogen-bond donors (Lipinski definition) is 0. The molecule has 3 rings (SSSR count). The van der Waals surface area contributed by atoms with Crippen LogP contribution in [0.3, 0.4) is 0 Å². The highest BCUT2D eigenvalue weighted by atomic mass is 32.1. The molecule has 1 aliphatic carbocycles. The van der Waals surface area contributed by atoms with Crippen LogP contribution >= 0.6 is 11.3 Å². The quantitative estimate of drug-likeness (QED) is 0.632. The van der Waals surface area contributed by atoms with Gasteiger partial charge in [-0.3, -0.25) is 0 Å². The molecule has 134 valence electrons. The van der Waals surface area contributed by atoms with Gasteiger partial charge in [-0.2, -0.15) is 0 Å². The molecular formula is C21H27NO2S. The van der Waals surface area contributed by atoms with E-state index >= 15 is 0 Å². The van der Waals surface area contributed by atoms with E-state index in [0.29, 0.717) is 22.8 Å². The summed E-state index contributed by atoms with van der Waals surface area (Å²) in [6.45, 7) is 8.97.